The fraction of sp³-hybridized carbons (Fsp3) is 0.250. The van der Waals surface area contributed by atoms with E-state index < -0.39 is 0 Å². The second-order valence-electron chi connectivity index (χ2n) is 2.78. The smallest absolute Gasteiger partial charge is 0.282 e. The maximum atomic E-state index is 11.7. The molecule has 0 spiro atoms. The van der Waals surface area contributed by atoms with Gasteiger partial charge in [0.1, 0.15) is 0 Å². The third-order valence-corrected chi connectivity index (χ3v) is 1.94. The minimum Gasteiger partial charge on any atom is -0.359 e. The molecular formula is C8H9N5O. The summed E-state index contributed by atoms with van der Waals surface area (Å²) in [5.41, 5.74) is 0.446. The van der Waals surface area contributed by atoms with Crippen LogP contribution in [0.1, 0.15) is 0 Å². The Morgan fingerprint density at radius 1 is 1.36 bits per heavy atom. The van der Waals surface area contributed by atoms with Gasteiger partial charge in [-0.3, -0.25) is 9.36 Å². The molecule has 72 valence electrons. The molecule has 0 fully saturated rings. The van der Waals surface area contributed by atoms with Crippen molar-refractivity contribution >= 4 is 17.1 Å². The molecule has 0 aromatic carbocycles. The summed E-state index contributed by atoms with van der Waals surface area (Å²) in [5.74, 6) is 0.475. The van der Waals surface area contributed by atoms with Crippen LogP contribution < -0.4 is 10.9 Å². The molecule has 0 unspecified atom stereocenters. The van der Waals surface area contributed by atoms with E-state index in [1.54, 1.807) is 14.1 Å². The lowest BCUT2D eigenvalue weighted by Gasteiger charge is -2.05. The predicted molar refractivity (Wildman–Crippen MR) is 52.1 cm³/mol. The first-order valence-corrected chi connectivity index (χ1v) is 4.09. The highest BCUT2D eigenvalue weighted by atomic mass is 16.1. The Morgan fingerprint density at radius 2 is 2.07 bits per heavy atom. The highest BCUT2D eigenvalue weighted by molar-refractivity contribution is 5.69. The molecule has 1 N–H and O–H groups in total. The third-order valence-electron chi connectivity index (χ3n) is 1.94. The van der Waals surface area contributed by atoms with Gasteiger partial charge in [0.05, 0.1) is 0 Å². The van der Waals surface area contributed by atoms with Crippen molar-refractivity contribution in [1.82, 2.24) is 19.5 Å². The SMILES string of the molecule is CNc1nc2nccnc2c(=O)n1C. The molecule has 14 heavy (non-hydrogen) atoms. The predicted octanol–water partition coefficient (Wildman–Crippen LogP) is -0.235. The normalized spacial score (nSPS) is 10.4. The molecule has 6 heteroatoms. The highest BCUT2D eigenvalue weighted by Crippen LogP contribution is 2.03. The van der Waals surface area contributed by atoms with Crippen molar-refractivity contribution in [3.8, 4) is 0 Å². The zero-order valence-electron chi connectivity index (χ0n) is 7.85. The average molecular weight is 191 g/mol. The van der Waals surface area contributed by atoms with Gasteiger partial charge in [-0.15, -0.1) is 0 Å². The van der Waals surface area contributed by atoms with E-state index in [1.165, 1.54) is 17.0 Å². The second-order valence-corrected chi connectivity index (χ2v) is 2.78. The van der Waals surface area contributed by atoms with Crippen molar-refractivity contribution in [3.63, 3.8) is 0 Å². The first kappa shape index (κ1) is 8.61. The van der Waals surface area contributed by atoms with Crippen LogP contribution in [0, 0.1) is 0 Å². The largest absolute Gasteiger partial charge is 0.359 e. The number of nitrogens with zero attached hydrogens (tertiary/aromatic N) is 4. The molecule has 0 atom stereocenters. The number of hydrogen-bond donors (Lipinski definition) is 1. The van der Waals surface area contributed by atoms with Gasteiger partial charge in [0, 0.05) is 26.5 Å². The van der Waals surface area contributed by atoms with Gasteiger partial charge >= 0.3 is 0 Å². The Bertz CT molecular complexity index is 533. The summed E-state index contributed by atoms with van der Waals surface area (Å²) in [6, 6.07) is 0. The van der Waals surface area contributed by atoms with Crippen molar-refractivity contribution in [2.75, 3.05) is 12.4 Å². The topological polar surface area (TPSA) is 72.7 Å². The summed E-state index contributed by atoms with van der Waals surface area (Å²) < 4.78 is 1.40. The minimum absolute atomic E-state index is 0.201. The lowest BCUT2D eigenvalue weighted by molar-refractivity contribution is 0.844. The van der Waals surface area contributed by atoms with E-state index >= 15 is 0 Å². The summed E-state index contributed by atoms with van der Waals surface area (Å²) in [5, 5.41) is 2.81. The number of nitrogens with one attached hydrogen (secondary N) is 1. The van der Waals surface area contributed by atoms with Gasteiger partial charge in [0.15, 0.2) is 11.2 Å². The first-order valence-electron chi connectivity index (χ1n) is 4.09. The number of anilines is 1. The van der Waals surface area contributed by atoms with E-state index in [2.05, 4.69) is 20.3 Å². The first-order chi connectivity index (χ1) is 6.74. The molecule has 6 nitrogen and oxygen atoms in total. The molecule has 0 aliphatic rings. The molecule has 2 heterocycles. The summed E-state index contributed by atoms with van der Waals surface area (Å²) in [6.07, 6.45) is 2.98. The molecule has 0 radical (unpaired) electrons. The van der Waals surface area contributed by atoms with Crippen LogP contribution >= 0.6 is 0 Å². The summed E-state index contributed by atoms with van der Waals surface area (Å²) >= 11 is 0. The van der Waals surface area contributed by atoms with Crippen LogP contribution in [-0.2, 0) is 7.05 Å². The van der Waals surface area contributed by atoms with Crippen LogP contribution in [0.3, 0.4) is 0 Å². The third kappa shape index (κ3) is 1.12. The van der Waals surface area contributed by atoms with E-state index in [0.717, 1.165) is 0 Å². The number of aromatic nitrogens is 4. The molecule has 0 saturated carbocycles. The van der Waals surface area contributed by atoms with Crippen molar-refractivity contribution in [3.05, 3.63) is 22.7 Å². The number of hydrogen-bond acceptors (Lipinski definition) is 5. The molecule has 2 aromatic heterocycles. The molecule has 0 bridgehead atoms. The van der Waals surface area contributed by atoms with Crippen LogP contribution in [0.5, 0.6) is 0 Å². The summed E-state index contributed by atoms with van der Waals surface area (Å²) in [7, 11) is 3.33. The molecular weight excluding hydrogens is 182 g/mol. The summed E-state index contributed by atoms with van der Waals surface area (Å²) in [6.45, 7) is 0. The number of fused-ring (bicyclic) bond motifs is 1. The van der Waals surface area contributed by atoms with Crippen LogP contribution in [-0.4, -0.2) is 26.6 Å². The Labute approximate surface area is 79.6 Å². The standard InChI is InChI=1S/C8H9N5O/c1-9-8-12-6-5(7(14)13(8)2)10-3-4-11-6/h3-4H,1-2H3,(H,9,11,12). The monoisotopic (exact) mass is 191 g/mol. The van der Waals surface area contributed by atoms with Gasteiger partial charge in [-0.1, -0.05) is 0 Å². The second kappa shape index (κ2) is 3.06. The maximum Gasteiger partial charge on any atom is 0.282 e. The maximum absolute atomic E-state index is 11.7. The van der Waals surface area contributed by atoms with Gasteiger partial charge in [-0.2, -0.15) is 4.98 Å². The fourth-order valence-electron chi connectivity index (χ4n) is 1.22. The van der Waals surface area contributed by atoms with Gasteiger partial charge in [0.25, 0.3) is 5.56 Å². The minimum atomic E-state index is -0.201. The molecule has 0 aliphatic carbocycles. The van der Waals surface area contributed by atoms with Crippen LogP contribution in [0.15, 0.2) is 17.2 Å². The van der Waals surface area contributed by atoms with Gasteiger partial charge in [0.2, 0.25) is 5.95 Å². The van der Waals surface area contributed by atoms with E-state index in [0.29, 0.717) is 11.6 Å². The zero-order valence-corrected chi connectivity index (χ0v) is 7.85. The van der Waals surface area contributed by atoms with E-state index in [1.807, 2.05) is 0 Å². The zero-order chi connectivity index (χ0) is 10.1. The molecule has 2 aromatic rings. The van der Waals surface area contributed by atoms with E-state index in [9.17, 15) is 4.79 Å². The van der Waals surface area contributed by atoms with Crippen molar-refractivity contribution in [2.45, 2.75) is 0 Å². The summed E-state index contributed by atoms with van der Waals surface area (Å²) in [4.78, 5) is 23.7. The van der Waals surface area contributed by atoms with Crippen molar-refractivity contribution in [2.24, 2.45) is 7.05 Å². The number of rotatable bonds is 1. The Hall–Kier alpha value is -1.98. The van der Waals surface area contributed by atoms with Crippen LogP contribution in [0.4, 0.5) is 5.95 Å². The average Bonchev–Trinajstić information content (AvgIpc) is 2.23. The quantitative estimate of drug-likeness (QED) is 0.673. The molecule has 0 aliphatic heterocycles. The van der Waals surface area contributed by atoms with Crippen molar-refractivity contribution in [1.29, 1.82) is 0 Å². The van der Waals surface area contributed by atoms with Gasteiger partial charge in [-0.25, -0.2) is 9.97 Å². The lowest BCUT2D eigenvalue weighted by Crippen LogP contribution is -2.22. The molecule has 2 rings (SSSR count). The molecule has 0 saturated heterocycles. The van der Waals surface area contributed by atoms with E-state index in [-0.39, 0.29) is 11.1 Å². The lowest BCUT2D eigenvalue weighted by atomic mass is 10.5. The molecule has 0 amide bonds. The Kier molecular flexibility index (Phi) is 1.88. The Balaban J connectivity index is 2.92. The van der Waals surface area contributed by atoms with Crippen LogP contribution in [0.25, 0.3) is 11.2 Å². The van der Waals surface area contributed by atoms with Gasteiger partial charge in [-0.05, 0) is 0 Å². The van der Waals surface area contributed by atoms with Crippen molar-refractivity contribution < 1.29 is 0 Å². The van der Waals surface area contributed by atoms with E-state index in [4.69, 9.17) is 0 Å². The fourth-order valence-corrected chi connectivity index (χ4v) is 1.22. The Morgan fingerprint density at radius 3 is 2.79 bits per heavy atom. The van der Waals surface area contributed by atoms with Gasteiger partial charge < -0.3 is 5.32 Å². The van der Waals surface area contributed by atoms with Crippen LogP contribution in [0.2, 0.25) is 0 Å². The highest BCUT2D eigenvalue weighted by Gasteiger charge is 2.07.